The number of esters is 2. The maximum Gasteiger partial charge on any atom is 0.326 e. The van der Waals surface area contributed by atoms with Crippen molar-refractivity contribution in [2.75, 3.05) is 18.5 Å². The van der Waals surface area contributed by atoms with E-state index in [0.717, 1.165) is 0 Å². The number of halogens is 1. The van der Waals surface area contributed by atoms with Gasteiger partial charge in [0.05, 0.1) is 29.8 Å². The molecule has 2 aliphatic carbocycles. The number of hydrogen-bond donors (Lipinski definition) is 2. The van der Waals surface area contributed by atoms with Crippen LogP contribution in [0.5, 0.6) is 0 Å². The van der Waals surface area contributed by atoms with E-state index in [-0.39, 0.29) is 25.5 Å². The van der Waals surface area contributed by atoms with E-state index in [1.165, 1.54) is 0 Å². The van der Waals surface area contributed by atoms with E-state index in [2.05, 4.69) is 5.32 Å². The lowest BCUT2D eigenvalue weighted by molar-refractivity contribution is -0.154. The molecule has 152 valence electrons. The largest absolute Gasteiger partial charge is 0.466 e. The summed E-state index contributed by atoms with van der Waals surface area (Å²) in [5.41, 5.74) is 4.63. The highest BCUT2D eigenvalue weighted by molar-refractivity contribution is 6.33. The second kappa shape index (κ2) is 7.37. The van der Waals surface area contributed by atoms with Gasteiger partial charge in [-0.2, -0.15) is 0 Å². The molecule has 3 N–H and O–H groups in total. The van der Waals surface area contributed by atoms with Crippen molar-refractivity contribution in [2.24, 2.45) is 28.9 Å². The van der Waals surface area contributed by atoms with E-state index in [9.17, 15) is 14.4 Å². The van der Waals surface area contributed by atoms with E-state index in [0.29, 0.717) is 10.7 Å². The molecule has 8 heteroatoms. The fourth-order valence-electron chi connectivity index (χ4n) is 4.70. The number of ether oxygens (including phenoxy) is 2. The summed E-state index contributed by atoms with van der Waals surface area (Å²) in [5, 5.41) is 3.20. The summed E-state index contributed by atoms with van der Waals surface area (Å²) >= 11 is 6.13. The minimum Gasteiger partial charge on any atom is -0.466 e. The predicted octanol–water partition coefficient (Wildman–Crippen LogP) is 2.37. The molecular formula is C20H25ClN2O5. The van der Waals surface area contributed by atoms with E-state index in [1.54, 1.807) is 45.0 Å². The highest BCUT2D eigenvalue weighted by atomic mass is 35.5. The zero-order valence-corrected chi connectivity index (χ0v) is 16.9. The molecule has 2 fully saturated rings. The maximum atomic E-state index is 13.0. The molecule has 0 radical (unpaired) electrons. The predicted molar refractivity (Wildman–Crippen MR) is 103 cm³/mol. The van der Waals surface area contributed by atoms with Gasteiger partial charge in [-0.05, 0) is 38.3 Å². The Morgan fingerprint density at radius 3 is 2.46 bits per heavy atom. The molecule has 2 aliphatic rings. The average molecular weight is 409 g/mol. The number of hydrogen-bond acceptors (Lipinski definition) is 6. The van der Waals surface area contributed by atoms with Gasteiger partial charge in [0.25, 0.3) is 0 Å². The zero-order chi connectivity index (χ0) is 20.7. The topological polar surface area (TPSA) is 108 Å². The number of rotatable bonds is 6. The van der Waals surface area contributed by atoms with Gasteiger partial charge in [0.2, 0.25) is 5.91 Å². The lowest BCUT2D eigenvalue weighted by Crippen LogP contribution is -2.56. The van der Waals surface area contributed by atoms with Crippen LogP contribution >= 0.6 is 11.6 Å². The van der Waals surface area contributed by atoms with Crippen LogP contribution in [-0.4, -0.2) is 36.6 Å². The van der Waals surface area contributed by atoms with Crippen LogP contribution in [0.25, 0.3) is 0 Å². The molecular weight excluding hydrogens is 384 g/mol. The molecule has 0 bridgehead atoms. The third-order valence-electron chi connectivity index (χ3n) is 6.17. The van der Waals surface area contributed by atoms with Crippen molar-refractivity contribution in [3.8, 4) is 0 Å². The molecule has 5 unspecified atom stereocenters. The quantitative estimate of drug-likeness (QED) is 0.699. The number of amides is 1. The number of fused-ring (bicyclic) bond motifs is 1. The number of nitrogens with two attached hydrogens (primary N) is 1. The first-order valence-electron chi connectivity index (χ1n) is 9.40. The molecule has 0 aromatic heterocycles. The lowest BCUT2D eigenvalue weighted by Gasteiger charge is -2.32. The summed E-state index contributed by atoms with van der Waals surface area (Å²) in [6, 6.07) is 6.87. The Balaban J connectivity index is 1.90. The SMILES string of the molecule is CCOC(=O)C1C2C(C(=O)Nc3ccccc3Cl)CC(N)(C(=O)OCC)C12C. The summed E-state index contributed by atoms with van der Waals surface area (Å²) in [5.74, 6) is -3.02. The fourth-order valence-corrected chi connectivity index (χ4v) is 4.88. The van der Waals surface area contributed by atoms with Crippen molar-refractivity contribution in [3.63, 3.8) is 0 Å². The monoisotopic (exact) mass is 408 g/mol. The molecule has 0 spiro atoms. The molecule has 3 rings (SSSR count). The fraction of sp³-hybridized carbons (Fsp3) is 0.550. The van der Waals surface area contributed by atoms with Crippen LogP contribution in [0.3, 0.4) is 0 Å². The Morgan fingerprint density at radius 2 is 1.86 bits per heavy atom. The summed E-state index contributed by atoms with van der Waals surface area (Å²) in [4.78, 5) is 38.2. The number of carbonyl (C=O) groups is 3. The number of benzene rings is 1. The van der Waals surface area contributed by atoms with Crippen molar-refractivity contribution < 1.29 is 23.9 Å². The summed E-state index contributed by atoms with van der Waals surface area (Å²) in [7, 11) is 0. The highest BCUT2D eigenvalue weighted by Crippen LogP contribution is 2.74. The molecule has 0 heterocycles. The molecule has 5 atom stereocenters. The van der Waals surface area contributed by atoms with Crippen molar-refractivity contribution >= 4 is 35.1 Å². The Labute approximate surface area is 168 Å². The first kappa shape index (κ1) is 20.6. The number of anilines is 1. The van der Waals surface area contributed by atoms with Gasteiger partial charge in [0.15, 0.2) is 0 Å². The minimum atomic E-state index is -1.44. The Kier molecular flexibility index (Phi) is 5.42. The van der Waals surface area contributed by atoms with Gasteiger partial charge in [-0.25, -0.2) is 0 Å². The average Bonchev–Trinajstić information content (AvgIpc) is 3.21. The Hall–Kier alpha value is -2.12. The summed E-state index contributed by atoms with van der Waals surface area (Å²) < 4.78 is 10.3. The maximum absolute atomic E-state index is 13.0. The van der Waals surface area contributed by atoms with Gasteiger partial charge in [-0.15, -0.1) is 0 Å². The normalized spacial score (nSPS) is 33.0. The third-order valence-corrected chi connectivity index (χ3v) is 6.50. The molecule has 28 heavy (non-hydrogen) atoms. The first-order valence-corrected chi connectivity index (χ1v) is 9.78. The zero-order valence-electron chi connectivity index (χ0n) is 16.2. The van der Waals surface area contributed by atoms with Crippen LogP contribution in [-0.2, 0) is 23.9 Å². The van der Waals surface area contributed by atoms with Gasteiger partial charge in [-0.1, -0.05) is 30.7 Å². The van der Waals surface area contributed by atoms with Crippen LogP contribution < -0.4 is 11.1 Å². The van der Waals surface area contributed by atoms with Crippen LogP contribution in [0.1, 0.15) is 27.2 Å². The van der Waals surface area contributed by atoms with Gasteiger partial charge < -0.3 is 20.5 Å². The van der Waals surface area contributed by atoms with E-state index in [4.69, 9.17) is 26.8 Å². The molecule has 1 aromatic carbocycles. The second-order valence-electron chi connectivity index (χ2n) is 7.51. The smallest absolute Gasteiger partial charge is 0.326 e. The van der Waals surface area contributed by atoms with Gasteiger partial charge in [0, 0.05) is 11.3 Å². The first-order chi connectivity index (χ1) is 13.2. The van der Waals surface area contributed by atoms with Crippen molar-refractivity contribution in [1.29, 1.82) is 0 Å². The van der Waals surface area contributed by atoms with Crippen LogP contribution in [0, 0.1) is 23.2 Å². The molecule has 1 aromatic rings. The van der Waals surface area contributed by atoms with Crippen LogP contribution in [0.2, 0.25) is 5.02 Å². The van der Waals surface area contributed by atoms with E-state index in [1.807, 2.05) is 0 Å². The molecule has 0 aliphatic heterocycles. The van der Waals surface area contributed by atoms with Crippen molar-refractivity contribution in [3.05, 3.63) is 29.3 Å². The number of carbonyl (C=O) groups excluding carboxylic acids is 3. The second-order valence-corrected chi connectivity index (χ2v) is 7.92. The molecule has 0 saturated heterocycles. The summed E-state index contributed by atoms with van der Waals surface area (Å²) in [6.07, 6.45) is 0.0964. The van der Waals surface area contributed by atoms with Gasteiger partial charge >= 0.3 is 11.9 Å². The van der Waals surface area contributed by atoms with E-state index < -0.39 is 40.6 Å². The van der Waals surface area contributed by atoms with Crippen LogP contribution in [0.15, 0.2) is 24.3 Å². The van der Waals surface area contributed by atoms with Crippen LogP contribution in [0.4, 0.5) is 5.69 Å². The van der Waals surface area contributed by atoms with E-state index >= 15 is 0 Å². The molecule has 1 amide bonds. The number of nitrogens with one attached hydrogen (secondary N) is 1. The number of para-hydroxylation sites is 1. The highest BCUT2D eigenvalue weighted by Gasteiger charge is 2.83. The Bertz CT molecular complexity index is 816. The standard InChI is InChI=1S/C20H25ClN2O5/c1-4-27-17(25)15-14-11(16(24)23-13-9-7-6-8-12(13)21)10-20(22,19(14,15)3)18(26)28-5-2/h6-9,11,14-15H,4-5,10,22H2,1-3H3,(H,23,24). The van der Waals surface area contributed by atoms with Gasteiger partial charge in [-0.3, -0.25) is 14.4 Å². The summed E-state index contributed by atoms with van der Waals surface area (Å²) in [6.45, 7) is 5.54. The minimum absolute atomic E-state index is 0.0964. The van der Waals surface area contributed by atoms with Gasteiger partial charge in [0.1, 0.15) is 5.54 Å². The van der Waals surface area contributed by atoms with Crippen molar-refractivity contribution in [2.45, 2.75) is 32.7 Å². The molecule has 7 nitrogen and oxygen atoms in total. The third kappa shape index (κ3) is 2.97. The van der Waals surface area contributed by atoms with Crippen molar-refractivity contribution in [1.82, 2.24) is 0 Å². The Morgan fingerprint density at radius 1 is 1.21 bits per heavy atom. The lowest BCUT2D eigenvalue weighted by atomic mass is 9.80. The molecule has 2 saturated carbocycles.